The van der Waals surface area contributed by atoms with Crippen molar-refractivity contribution in [2.24, 2.45) is 5.92 Å². The molecule has 124 valence electrons. The van der Waals surface area contributed by atoms with Crippen LogP contribution in [0.3, 0.4) is 0 Å². The van der Waals surface area contributed by atoms with Crippen molar-refractivity contribution in [2.75, 3.05) is 0 Å². The number of halogens is 2. The number of carbonyl (C=O) groups is 2. The first kappa shape index (κ1) is 15.9. The van der Waals surface area contributed by atoms with Gasteiger partial charge in [0.1, 0.15) is 11.6 Å². The highest BCUT2D eigenvalue weighted by Gasteiger charge is 2.49. The van der Waals surface area contributed by atoms with Crippen LogP contribution in [0, 0.1) is 17.6 Å². The summed E-state index contributed by atoms with van der Waals surface area (Å²) in [5, 5.41) is 11.8. The van der Waals surface area contributed by atoms with Gasteiger partial charge in [0, 0.05) is 11.6 Å². The van der Waals surface area contributed by atoms with Gasteiger partial charge >= 0.3 is 5.97 Å². The van der Waals surface area contributed by atoms with Crippen molar-refractivity contribution in [2.45, 2.75) is 50.0 Å². The lowest BCUT2D eigenvalue weighted by Crippen LogP contribution is -2.52. The maximum Gasteiger partial charge on any atom is 0.306 e. The number of hydrogen-bond donors (Lipinski definition) is 2. The topological polar surface area (TPSA) is 66.4 Å². The number of carboxylic acids is 1. The molecule has 0 unspecified atom stereocenters. The lowest BCUT2D eigenvalue weighted by atomic mass is 9.63. The molecular formula is C17H19F2NO3. The van der Waals surface area contributed by atoms with E-state index in [2.05, 4.69) is 5.32 Å². The van der Waals surface area contributed by atoms with Crippen LogP contribution < -0.4 is 5.32 Å². The Morgan fingerprint density at radius 2 is 1.83 bits per heavy atom. The Balaban J connectivity index is 1.79. The second-order valence-electron chi connectivity index (χ2n) is 6.55. The quantitative estimate of drug-likeness (QED) is 0.895. The van der Waals surface area contributed by atoms with E-state index in [1.54, 1.807) is 0 Å². The van der Waals surface area contributed by atoms with Crippen molar-refractivity contribution in [3.8, 4) is 0 Å². The van der Waals surface area contributed by atoms with E-state index >= 15 is 0 Å². The molecule has 4 nitrogen and oxygen atoms in total. The minimum absolute atomic E-state index is 0.156. The number of rotatable bonds is 4. The average molecular weight is 323 g/mol. The standard InChI is InChI=1S/C17H19F2NO3/c18-12-3-1-4-13(19)14(12)17(7-2-8-17)16(23)20-11-6-5-10(9-11)15(21)22/h1,3-4,10-11H,2,5-9H2,(H,20,23)(H,21,22)/t10-,11+/m1/s1. The summed E-state index contributed by atoms with van der Waals surface area (Å²) in [6.07, 6.45) is 3.03. The summed E-state index contributed by atoms with van der Waals surface area (Å²) in [7, 11) is 0. The van der Waals surface area contributed by atoms with Gasteiger partial charge in [-0.15, -0.1) is 0 Å². The molecule has 1 aromatic rings. The molecule has 2 N–H and O–H groups in total. The van der Waals surface area contributed by atoms with E-state index < -0.39 is 28.9 Å². The molecular weight excluding hydrogens is 304 g/mol. The Morgan fingerprint density at radius 3 is 2.30 bits per heavy atom. The molecule has 2 saturated carbocycles. The molecule has 0 radical (unpaired) electrons. The third-order valence-corrected chi connectivity index (χ3v) is 5.20. The maximum atomic E-state index is 14.1. The fourth-order valence-electron chi connectivity index (χ4n) is 3.74. The molecule has 0 saturated heterocycles. The van der Waals surface area contributed by atoms with E-state index in [9.17, 15) is 18.4 Å². The van der Waals surface area contributed by atoms with Gasteiger partial charge in [-0.25, -0.2) is 8.78 Å². The first-order chi connectivity index (χ1) is 10.9. The van der Waals surface area contributed by atoms with E-state index in [0.29, 0.717) is 32.1 Å². The van der Waals surface area contributed by atoms with Crippen molar-refractivity contribution < 1.29 is 23.5 Å². The van der Waals surface area contributed by atoms with Crippen LogP contribution in [0.5, 0.6) is 0 Å². The lowest BCUT2D eigenvalue weighted by Gasteiger charge is -2.41. The molecule has 1 aromatic carbocycles. The third-order valence-electron chi connectivity index (χ3n) is 5.20. The van der Waals surface area contributed by atoms with Gasteiger partial charge in [0.15, 0.2) is 0 Å². The number of amides is 1. The van der Waals surface area contributed by atoms with Gasteiger partial charge in [-0.2, -0.15) is 0 Å². The maximum absolute atomic E-state index is 14.1. The SMILES string of the molecule is O=C(O)[C@@H]1CC[C@H](NC(=O)C2(c3c(F)cccc3F)CCC2)C1. The largest absolute Gasteiger partial charge is 0.481 e. The van der Waals surface area contributed by atoms with Gasteiger partial charge in [0.2, 0.25) is 5.91 Å². The number of aliphatic carboxylic acids is 1. The van der Waals surface area contributed by atoms with Crippen molar-refractivity contribution >= 4 is 11.9 Å². The zero-order chi connectivity index (χ0) is 16.6. The number of benzene rings is 1. The molecule has 0 heterocycles. The fourth-order valence-corrected chi connectivity index (χ4v) is 3.74. The first-order valence-corrected chi connectivity index (χ1v) is 7.92. The second kappa shape index (κ2) is 5.91. The van der Waals surface area contributed by atoms with Crippen LogP contribution in [-0.2, 0) is 15.0 Å². The number of nitrogens with one attached hydrogen (secondary N) is 1. The zero-order valence-electron chi connectivity index (χ0n) is 12.6. The van der Waals surface area contributed by atoms with Crippen LogP contribution in [0.4, 0.5) is 8.78 Å². The third kappa shape index (κ3) is 2.71. The Labute approximate surface area is 132 Å². The summed E-state index contributed by atoms with van der Waals surface area (Å²) in [6.45, 7) is 0. The highest BCUT2D eigenvalue weighted by molar-refractivity contribution is 5.89. The first-order valence-electron chi connectivity index (χ1n) is 7.92. The summed E-state index contributed by atoms with van der Waals surface area (Å²) in [4.78, 5) is 23.7. The lowest BCUT2D eigenvalue weighted by molar-refractivity contribution is -0.141. The van der Waals surface area contributed by atoms with Gasteiger partial charge in [0.25, 0.3) is 0 Å². The van der Waals surface area contributed by atoms with Crippen LogP contribution in [0.25, 0.3) is 0 Å². The molecule has 2 aliphatic rings. The zero-order valence-corrected chi connectivity index (χ0v) is 12.6. The van der Waals surface area contributed by atoms with Crippen LogP contribution in [0.1, 0.15) is 44.1 Å². The molecule has 0 spiro atoms. The normalized spacial score (nSPS) is 25.7. The highest BCUT2D eigenvalue weighted by Crippen LogP contribution is 2.46. The summed E-state index contributed by atoms with van der Waals surface area (Å²) in [6, 6.07) is 3.38. The Bertz CT molecular complexity index is 622. The Kier molecular flexibility index (Phi) is 4.08. The molecule has 1 amide bonds. The monoisotopic (exact) mass is 323 g/mol. The van der Waals surface area contributed by atoms with Crippen molar-refractivity contribution in [3.05, 3.63) is 35.4 Å². The predicted octanol–water partition coefficient (Wildman–Crippen LogP) is 2.76. The fraction of sp³-hybridized carbons (Fsp3) is 0.529. The highest BCUT2D eigenvalue weighted by atomic mass is 19.1. The smallest absolute Gasteiger partial charge is 0.306 e. The summed E-state index contributed by atoms with van der Waals surface area (Å²) < 4.78 is 28.2. The molecule has 6 heteroatoms. The molecule has 0 aliphatic heterocycles. The van der Waals surface area contributed by atoms with Crippen molar-refractivity contribution in [1.29, 1.82) is 0 Å². The Morgan fingerprint density at radius 1 is 1.17 bits per heavy atom. The molecule has 2 fully saturated rings. The van der Waals surface area contributed by atoms with Gasteiger partial charge < -0.3 is 10.4 Å². The van der Waals surface area contributed by atoms with Crippen LogP contribution >= 0.6 is 0 Å². The molecule has 0 aromatic heterocycles. The summed E-state index contributed by atoms with van der Waals surface area (Å²) in [5.74, 6) is -3.10. The van der Waals surface area contributed by atoms with E-state index in [4.69, 9.17) is 5.11 Å². The molecule has 3 rings (SSSR count). The minimum atomic E-state index is -1.16. The summed E-state index contributed by atoms with van der Waals surface area (Å²) in [5.41, 5.74) is -1.31. The number of hydrogen-bond acceptors (Lipinski definition) is 2. The Hall–Kier alpha value is -1.98. The van der Waals surface area contributed by atoms with Crippen LogP contribution in [0.15, 0.2) is 18.2 Å². The predicted molar refractivity (Wildman–Crippen MR) is 78.8 cm³/mol. The van der Waals surface area contributed by atoms with E-state index in [1.165, 1.54) is 18.2 Å². The van der Waals surface area contributed by atoms with Gasteiger partial charge in [-0.1, -0.05) is 12.5 Å². The molecule has 2 aliphatic carbocycles. The summed E-state index contributed by atoms with van der Waals surface area (Å²) >= 11 is 0. The van der Waals surface area contributed by atoms with Crippen molar-refractivity contribution in [1.82, 2.24) is 5.32 Å². The molecule has 23 heavy (non-hydrogen) atoms. The minimum Gasteiger partial charge on any atom is -0.481 e. The van der Waals surface area contributed by atoms with E-state index in [-0.39, 0.29) is 17.5 Å². The molecule has 2 atom stereocenters. The van der Waals surface area contributed by atoms with Crippen LogP contribution in [-0.4, -0.2) is 23.0 Å². The van der Waals surface area contributed by atoms with Crippen molar-refractivity contribution in [3.63, 3.8) is 0 Å². The van der Waals surface area contributed by atoms with Gasteiger partial charge in [-0.05, 0) is 44.2 Å². The molecule has 0 bridgehead atoms. The van der Waals surface area contributed by atoms with Gasteiger partial charge in [0.05, 0.1) is 11.3 Å². The van der Waals surface area contributed by atoms with Gasteiger partial charge in [-0.3, -0.25) is 9.59 Å². The average Bonchev–Trinajstić information content (AvgIpc) is 2.89. The van der Waals surface area contributed by atoms with Crippen LogP contribution in [0.2, 0.25) is 0 Å². The van der Waals surface area contributed by atoms with E-state index in [0.717, 1.165) is 6.42 Å². The number of carbonyl (C=O) groups excluding carboxylic acids is 1. The number of carboxylic acid groups (broad SMARTS) is 1. The van der Waals surface area contributed by atoms with E-state index in [1.807, 2.05) is 0 Å². The second-order valence-corrected chi connectivity index (χ2v) is 6.55.